The van der Waals surface area contributed by atoms with E-state index >= 15 is 0 Å². The molecule has 0 saturated carbocycles. The molecule has 4 nitrogen and oxygen atoms in total. The second-order valence-corrected chi connectivity index (χ2v) is 4.11. The Balaban J connectivity index is 2.54. The number of benzene rings is 2. The standard InChI is InChI=1S/C16H14O4/c1-19-13-7-4-8-14(20-2)15(13)16(18)12-6-3-5-11(9-12)10-17/h3-10H,1-2H3. The smallest absolute Gasteiger partial charge is 0.200 e. The molecule has 2 aromatic rings. The highest BCUT2D eigenvalue weighted by Crippen LogP contribution is 2.30. The summed E-state index contributed by atoms with van der Waals surface area (Å²) in [6.45, 7) is 0. The molecule has 0 unspecified atom stereocenters. The van der Waals surface area contributed by atoms with Crippen LogP contribution in [0.25, 0.3) is 0 Å². The fourth-order valence-electron chi connectivity index (χ4n) is 1.97. The van der Waals surface area contributed by atoms with Crippen LogP contribution in [-0.4, -0.2) is 26.3 Å². The monoisotopic (exact) mass is 270 g/mol. The van der Waals surface area contributed by atoms with E-state index in [1.807, 2.05) is 0 Å². The Morgan fingerprint density at radius 3 is 2.15 bits per heavy atom. The quantitative estimate of drug-likeness (QED) is 0.619. The number of ether oxygens (including phenoxy) is 2. The number of rotatable bonds is 5. The van der Waals surface area contributed by atoms with E-state index in [0.717, 1.165) is 0 Å². The number of ketones is 1. The van der Waals surface area contributed by atoms with Crippen LogP contribution in [0.4, 0.5) is 0 Å². The van der Waals surface area contributed by atoms with Gasteiger partial charge in [0.15, 0.2) is 0 Å². The molecule has 0 aromatic heterocycles. The molecule has 0 spiro atoms. The van der Waals surface area contributed by atoms with Crippen molar-refractivity contribution in [3.05, 3.63) is 59.2 Å². The predicted molar refractivity (Wildman–Crippen MR) is 74.8 cm³/mol. The maximum atomic E-state index is 12.6. The van der Waals surface area contributed by atoms with Crippen LogP contribution >= 0.6 is 0 Å². The van der Waals surface area contributed by atoms with Crippen molar-refractivity contribution in [2.75, 3.05) is 14.2 Å². The van der Waals surface area contributed by atoms with Gasteiger partial charge in [-0.3, -0.25) is 9.59 Å². The summed E-state index contributed by atoms with van der Waals surface area (Å²) in [5, 5.41) is 0. The van der Waals surface area contributed by atoms with Crippen LogP contribution in [0, 0.1) is 0 Å². The highest BCUT2D eigenvalue weighted by molar-refractivity contribution is 6.13. The Bertz CT molecular complexity index is 624. The fourth-order valence-corrected chi connectivity index (χ4v) is 1.97. The molecule has 4 heteroatoms. The van der Waals surface area contributed by atoms with Crippen LogP contribution in [0.3, 0.4) is 0 Å². The maximum Gasteiger partial charge on any atom is 0.200 e. The lowest BCUT2D eigenvalue weighted by atomic mass is 10.00. The first-order chi connectivity index (χ1) is 9.71. The van der Waals surface area contributed by atoms with Crippen molar-refractivity contribution in [1.29, 1.82) is 0 Å². The first kappa shape index (κ1) is 13.8. The maximum absolute atomic E-state index is 12.6. The Labute approximate surface area is 116 Å². The van der Waals surface area contributed by atoms with Gasteiger partial charge in [-0.05, 0) is 18.2 Å². The third kappa shape index (κ3) is 2.54. The van der Waals surface area contributed by atoms with Gasteiger partial charge in [0.2, 0.25) is 5.78 Å². The minimum atomic E-state index is -0.247. The molecule has 0 saturated heterocycles. The molecule has 0 fully saturated rings. The Hall–Kier alpha value is -2.62. The van der Waals surface area contributed by atoms with Crippen molar-refractivity contribution in [2.45, 2.75) is 0 Å². The molecule has 0 aliphatic heterocycles. The molecule has 2 rings (SSSR count). The topological polar surface area (TPSA) is 52.6 Å². The summed E-state index contributed by atoms with van der Waals surface area (Å²) in [5.74, 6) is 0.625. The number of hydrogen-bond acceptors (Lipinski definition) is 4. The second kappa shape index (κ2) is 6.02. The van der Waals surface area contributed by atoms with E-state index in [2.05, 4.69) is 0 Å². The van der Waals surface area contributed by atoms with Gasteiger partial charge in [-0.25, -0.2) is 0 Å². The van der Waals surface area contributed by atoms with E-state index in [1.165, 1.54) is 14.2 Å². The van der Waals surface area contributed by atoms with E-state index < -0.39 is 0 Å². The summed E-state index contributed by atoms with van der Waals surface area (Å²) in [7, 11) is 2.99. The Morgan fingerprint density at radius 2 is 1.60 bits per heavy atom. The summed E-state index contributed by atoms with van der Waals surface area (Å²) >= 11 is 0. The molecule has 2 aromatic carbocycles. The molecular weight excluding hydrogens is 256 g/mol. The van der Waals surface area contributed by atoms with Crippen molar-refractivity contribution >= 4 is 12.1 Å². The summed E-state index contributed by atoms with van der Waals surface area (Å²) in [4.78, 5) is 23.4. The Kier molecular flexibility index (Phi) is 4.15. The molecule has 0 radical (unpaired) electrons. The predicted octanol–water partition coefficient (Wildman–Crippen LogP) is 2.75. The van der Waals surface area contributed by atoms with Crippen LogP contribution in [0.15, 0.2) is 42.5 Å². The highest BCUT2D eigenvalue weighted by atomic mass is 16.5. The molecule has 20 heavy (non-hydrogen) atoms. The van der Waals surface area contributed by atoms with E-state index in [9.17, 15) is 9.59 Å². The van der Waals surface area contributed by atoms with Crippen LogP contribution in [0.1, 0.15) is 26.3 Å². The molecular formula is C16H14O4. The van der Waals surface area contributed by atoms with Gasteiger partial charge in [0.05, 0.1) is 14.2 Å². The third-order valence-corrected chi connectivity index (χ3v) is 2.94. The molecule has 0 atom stereocenters. The molecule has 0 N–H and O–H groups in total. The third-order valence-electron chi connectivity index (χ3n) is 2.94. The van der Waals surface area contributed by atoms with Crippen molar-refractivity contribution in [2.24, 2.45) is 0 Å². The zero-order chi connectivity index (χ0) is 14.5. The number of carbonyl (C=O) groups excluding carboxylic acids is 2. The van der Waals surface area contributed by atoms with Crippen molar-refractivity contribution in [1.82, 2.24) is 0 Å². The van der Waals surface area contributed by atoms with Gasteiger partial charge < -0.3 is 9.47 Å². The number of methoxy groups -OCH3 is 2. The van der Waals surface area contributed by atoms with E-state index in [0.29, 0.717) is 34.5 Å². The summed E-state index contributed by atoms with van der Waals surface area (Å²) < 4.78 is 10.4. The van der Waals surface area contributed by atoms with Crippen LogP contribution < -0.4 is 9.47 Å². The highest BCUT2D eigenvalue weighted by Gasteiger charge is 2.19. The van der Waals surface area contributed by atoms with Gasteiger partial charge in [-0.1, -0.05) is 24.3 Å². The van der Waals surface area contributed by atoms with Crippen LogP contribution in [0.5, 0.6) is 11.5 Å². The van der Waals surface area contributed by atoms with Crippen molar-refractivity contribution in [3.63, 3.8) is 0 Å². The van der Waals surface area contributed by atoms with Gasteiger partial charge in [0, 0.05) is 11.1 Å². The first-order valence-electron chi connectivity index (χ1n) is 6.02. The van der Waals surface area contributed by atoms with Gasteiger partial charge >= 0.3 is 0 Å². The molecule has 0 heterocycles. The summed E-state index contributed by atoms with van der Waals surface area (Å²) in [5.41, 5.74) is 1.21. The minimum absolute atomic E-state index is 0.247. The van der Waals surface area contributed by atoms with Crippen molar-refractivity contribution in [3.8, 4) is 11.5 Å². The number of hydrogen-bond donors (Lipinski definition) is 0. The SMILES string of the molecule is COc1cccc(OC)c1C(=O)c1cccc(C=O)c1. The zero-order valence-electron chi connectivity index (χ0n) is 11.3. The fraction of sp³-hybridized carbons (Fsp3) is 0.125. The van der Waals surface area contributed by atoms with E-state index in [4.69, 9.17) is 9.47 Å². The molecule has 102 valence electrons. The lowest BCUT2D eigenvalue weighted by Crippen LogP contribution is -2.07. The summed E-state index contributed by atoms with van der Waals surface area (Å²) in [6.07, 6.45) is 0.705. The largest absolute Gasteiger partial charge is 0.496 e. The number of aldehydes is 1. The normalized spacial score (nSPS) is 9.90. The van der Waals surface area contributed by atoms with Crippen LogP contribution in [-0.2, 0) is 0 Å². The second-order valence-electron chi connectivity index (χ2n) is 4.11. The molecule has 0 aliphatic carbocycles. The molecule has 0 aliphatic rings. The average Bonchev–Trinajstić information content (AvgIpc) is 2.53. The summed E-state index contributed by atoms with van der Waals surface area (Å²) in [6, 6.07) is 11.6. The zero-order valence-corrected chi connectivity index (χ0v) is 11.3. The molecule has 0 bridgehead atoms. The average molecular weight is 270 g/mol. The van der Waals surface area contributed by atoms with Gasteiger partial charge in [-0.15, -0.1) is 0 Å². The van der Waals surface area contributed by atoms with E-state index in [-0.39, 0.29) is 5.78 Å². The van der Waals surface area contributed by atoms with Crippen LogP contribution in [0.2, 0.25) is 0 Å². The number of carbonyl (C=O) groups is 2. The van der Waals surface area contributed by atoms with Gasteiger partial charge in [-0.2, -0.15) is 0 Å². The lowest BCUT2D eigenvalue weighted by Gasteiger charge is -2.12. The molecule has 0 amide bonds. The Morgan fingerprint density at radius 1 is 1.00 bits per heavy atom. The van der Waals surface area contributed by atoms with E-state index in [1.54, 1.807) is 42.5 Å². The van der Waals surface area contributed by atoms with Gasteiger partial charge in [0.1, 0.15) is 23.3 Å². The minimum Gasteiger partial charge on any atom is -0.496 e. The lowest BCUT2D eigenvalue weighted by molar-refractivity contribution is 0.103. The van der Waals surface area contributed by atoms with Gasteiger partial charge in [0.25, 0.3) is 0 Å². The van der Waals surface area contributed by atoms with Crippen molar-refractivity contribution < 1.29 is 19.1 Å². The first-order valence-corrected chi connectivity index (χ1v) is 6.02.